The molecule has 1 amide bonds. The van der Waals surface area contributed by atoms with Crippen LogP contribution < -0.4 is 14.5 Å². The summed E-state index contributed by atoms with van der Waals surface area (Å²) in [5.41, 5.74) is 4.80. The number of aryl methyl sites for hydroxylation is 1. The Morgan fingerprint density at radius 1 is 1.08 bits per heavy atom. The molecule has 0 saturated heterocycles. The Morgan fingerprint density at radius 3 is 2.62 bits per heavy atom. The third-order valence-corrected chi connectivity index (χ3v) is 7.18. The molecule has 1 N–H and O–H groups in total. The molecule has 9 heteroatoms. The largest absolute Gasteiger partial charge is 0.490 e. The number of benzene rings is 3. The molecule has 0 bridgehead atoms. The van der Waals surface area contributed by atoms with Crippen LogP contribution in [-0.2, 0) is 14.8 Å². The highest BCUT2D eigenvalue weighted by Gasteiger charge is 2.28. The zero-order valence-corrected chi connectivity index (χ0v) is 21.1. The monoisotopic (exact) mass is 514 g/mol. The Hall–Kier alpha value is -4.50. The minimum Gasteiger partial charge on any atom is -0.490 e. The number of hydrogen-bond acceptors (Lipinski definition) is 6. The summed E-state index contributed by atoms with van der Waals surface area (Å²) in [6.45, 7) is 5.36. The summed E-state index contributed by atoms with van der Waals surface area (Å²) in [6.07, 6.45) is 4.68. The molecule has 0 atom stereocenters. The third kappa shape index (κ3) is 6.20. The van der Waals surface area contributed by atoms with Crippen molar-refractivity contribution in [2.75, 3.05) is 17.5 Å². The number of amides is 1. The van der Waals surface area contributed by atoms with Crippen LogP contribution in [0.15, 0.2) is 108 Å². The lowest BCUT2D eigenvalue weighted by atomic mass is 10.2. The van der Waals surface area contributed by atoms with Crippen LogP contribution in [-0.4, -0.2) is 38.7 Å². The van der Waals surface area contributed by atoms with Gasteiger partial charge in [0.2, 0.25) is 0 Å². The molecule has 4 rings (SSSR count). The predicted molar refractivity (Wildman–Crippen MR) is 145 cm³/mol. The van der Waals surface area contributed by atoms with E-state index in [-0.39, 0.29) is 4.90 Å². The molecule has 0 spiro atoms. The lowest BCUT2D eigenvalue weighted by Gasteiger charge is -2.24. The van der Waals surface area contributed by atoms with E-state index in [9.17, 15) is 13.2 Å². The standard InChI is InChI=1S/C28H26N4O4S/c1-3-17-36-24-10-4-7-22(18-24)19-30-31-27(33)20-32(37(34,35)25-14-12-21(2)13-15-25)26-11-5-8-23-9-6-16-29-28(23)26/h3-16,18-19H,1,17,20H2,2H3,(H,31,33). The number of anilines is 1. The molecule has 0 radical (unpaired) electrons. The Balaban J connectivity index is 1.61. The molecule has 0 aliphatic rings. The number of para-hydroxylation sites is 1. The highest BCUT2D eigenvalue weighted by atomic mass is 32.2. The molecule has 0 aliphatic carbocycles. The van der Waals surface area contributed by atoms with Gasteiger partial charge in [0.25, 0.3) is 15.9 Å². The zero-order chi connectivity index (χ0) is 26.3. The number of carbonyl (C=O) groups is 1. The molecule has 0 aliphatic heterocycles. The number of hydrogen-bond donors (Lipinski definition) is 1. The van der Waals surface area contributed by atoms with Crippen molar-refractivity contribution in [1.29, 1.82) is 0 Å². The van der Waals surface area contributed by atoms with Crippen molar-refractivity contribution >= 4 is 38.7 Å². The number of nitrogens with one attached hydrogen (secondary N) is 1. The number of hydrazone groups is 1. The summed E-state index contributed by atoms with van der Waals surface area (Å²) in [6, 6.07) is 22.4. The summed E-state index contributed by atoms with van der Waals surface area (Å²) in [7, 11) is -4.09. The second kappa shape index (κ2) is 11.5. The van der Waals surface area contributed by atoms with Gasteiger partial charge in [-0.15, -0.1) is 0 Å². The van der Waals surface area contributed by atoms with E-state index in [0.29, 0.717) is 29.1 Å². The van der Waals surface area contributed by atoms with Crippen LogP contribution in [0.25, 0.3) is 10.9 Å². The van der Waals surface area contributed by atoms with E-state index >= 15 is 0 Å². The summed E-state index contributed by atoms with van der Waals surface area (Å²) in [5, 5.41) is 4.75. The molecule has 37 heavy (non-hydrogen) atoms. The summed E-state index contributed by atoms with van der Waals surface area (Å²) < 4.78 is 34.0. The number of carbonyl (C=O) groups excluding carboxylic acids is 1. The number of ether oxygens (including phenoxy) is 1. The van der Waals surface area contributed by atoms with Crippen molar-refractivity contribution in [2.24, 2.45) is 5.10 Å². The van der Waals surface area contributed by atoms with E-state index in [4.69, 9.17) is 4.74 Å². The molecule has 0 saturated carbocycles. The first-order chi connectivity index (χ1) is 17.9. The van der Waals surface area contributed by atoms with E-state index in [2.05, 4.69) is 22.1 Å². The summed E-state index contributed by atoms with van der Waals surface area (Å²) in [5.74, 6) is 0.0212. The quantitative estimate of drug-likeness (QED) is 0.191. The van der Waals surface area contributed by atoms with Gasteiger partial charge < -0.3 is 4.74 Å². The number of rotatable bonds is 10. The number of nitrogens with zero attached hydrogens (tertiary/aromatic N) is 3. The first-order valence-corrected chi connectivity index (χ1v) is 12.9. The van der Waals surface area contributed by atoms with Crippen molar-refractivity contribution in [3.05, 3.63) is 109 Å². The van der Waals surface area contributed by atoms with Crippen molar-refractivity contribution in [1.82, 2.24) is 10.4 Å². The van der Waals surface area contributed by atoms with E-state index in [0.717, 1.165) is 15.3 Å². The van der Waals surface area contributed by atoms with Crippen LogP contribution >= 0.6 is 0 Å². The minimum atomic E-state index is -4.09. The Morgan fingerprint density at radius 2 is 1.84 bits per heavy atom. The lowest BCUT2D eigenvalue weighted by molar-refractivity contribution is -0.119. The lowest BCUT2D eigenvalue weighted by Crippen LogP contribution is -2.39. The Bertz CT molecular complexity index is 1550. The van der Waals surface area contributed by atoms with Gasteiger partial charge in [0.1, 0.15) is 18.9 Å². The van der Waals surface area contributed by atoms with E-state index in [1.807, 2.05) is 19.1 Å². The van der Waals surface area contributed by atoms with Gasteiger partial charge in [-0.25, -0.2) is 13.8 Å². The van der Waals surface area contributed by atoms with Crippen molar-refractivity contribution in [2.45, 2.75) is 11.8 Å². The van der Waals surface area contributed by atoms with Crippen LogP contribution in [0.5, 0.6) is 5.75 Å². The maximum Gasteiger partial charge on any atom is 0.264 e. The van der Waals surface area contributed by atoms with Gasteiger partial charge in [-0.2, -0.15) is 5.10 Å². The molecule has 188 valence electrons. The maximum atomic E-state index is 13.7. The van der Waals surface area contributed by atoms with Crippen LogP contribution in [0.2, 0.25) is 0 Å². The number of aromatic nitrogens is 1. The second-order valence-corrected chi connectivity index (χ2v) is 10.0. The zero-order valence-electron chi connectivity index (χ0n) is 20.2. The second-order valence-electron chi connectivity index (χ2n) is 8.14. The van der Waals surface area contributed by atoms with Crippen LogP contribution in [0.3, 0.4) is 0 Å². The average molecular weight is 515 g/mol. The Labute approximate surface area is 216 Å². The average Bonchev–Trinajstić information content (AvgIpc) is 2.91. The van der Waals surface area contributed by atoms with Gasteiger partial charge in [0, 0.05) is 11.6 Å². The molecule has 4 aromatic rings. The molecular formula is C28H26N4O4S. The van der Waals surface area contributed by atoms with Gasteiger partial charge in [-0.05, 0) is 48.9 Å². The summed E-state index contributed by atoms with van der Waals surface area (Å²) in [4.78, 5) is 17.4. The number of fused-ring (bicyclic) bond motifs is 1. The predicted octanol–water partition coefficient (Wildman–Crippen LogP) is 4.45. The Kier molecular flexibility index (Phi) is 7.95. The molecule has 0 unspecified atom stereocenters. The molecule has 3 aromatic carbocycles. The van der Waals surface area contributed by atoms with Crippen molar-refractivity contribution in [3.8, 4) is 5.75 Å². The highest BCUT2D eigenvalue weighted by molar-refractivity contribution is 7.92. The fourth-order valence-corrected chi connectivity index (χ4v) is 5.04. The van der Waals surface area contributed by atoms with Crippen LogP contribution in [0.1, 0.15) is 11.1 Å². The fourth-order valence-electron chi connectivity index (χ4n) is 3.61. The molecule has 8 nitrogen and oxygen atoms in total. The topological polar surface area (TPSA) is 101 Å². The van der Waals surface area contributed by atoms with Crippen molar-refractivity contribution in [3.63, 3.8) is 0 Å². The first kappa shape index (κ1) is 25.6. The van der Waals surface area contributed by atoms with Gasteiger partial charge in [0.15, 0.2) is 0 Å². The normalized spacial score (nSPS) is 11.4. The fraction of sp³-hybridized carbons (Fsp3) is 0.107. The molecule has 0 fully saturated rings. The van der Waals surface area contributed by atoms with Crippen molar-refractivity contribution < 1.29 is 17.9 Å². The number of pyridine rings is 1. The van der Waals surface area contributed by atoms with E-state index < -0.39 is 22.5 Å². The van der Waals surface area contributed by atoms with Crippen LogP contribution in [0, 0.1) is 6.92 Å². The van der Waals surface area contributed by atoms with E-state index in [1.165, 1.54) is 18.3 Å². The van der Waals surface area contributed by atoms with Gasteiger partial charge in [-0.3, -0.25) is 14.1 Å². The summed E-state index contributed by atoms with van der Waals surface area (Å²) >= 11 is 0. The van der Waals surface area contributed by atoms with Crippen LogP contribution in [0.4, 0.5) is 5.69 Å². The molecule has 1 aromatic heterocycles. The van der Waals surface area contributed by atoms with E-state index in [1.54, 1.807) is 66.9 Å². The SMILES string of the molecule is C=CCOc1cccc(C=NNC(=O)CN(c2cccc3cccnc23)S(=O)(=O)c2ccc(C)cc2)c1. The number of sulfonamides is 1. The van der Waals surface area contributed by atoms with Gasteiger partial charge in [-0.1, -0.05) is 60.7 Å². The first-order valence-electron chi connectivity index (χ1n) is 11.5. The molecular weight excluding hydrogens is 488 g/mol. The molecule has 1 heterocycles. The third-order valence-electron chi connectivity index (χ3n) is 5.41. The smallest absolute Gasteiger partial charge is 0.264 e. The maximum absolute atomic E-state index is 13.7. The minimum absolute atomic E-state index is 0.0682. The van der Waals surface area contributed by atoms with Gasteiger partial charge in [0.05, 0.1) is 22.3 Å². The highest BCUT2D eigenvalue weighted by Crippen LogP contribution is 2.29. The van der Waals surface area contributed by atoms with Gasteiger partial charge >= 0.3 is 0 Å².